The van der Waals surface area contributed by atoms with Crippen molar-refractivity contribution in [2.45, 2.75) is 37.1 Å². The van der Waals surface area contributed by atoms with Crippen molar-refractivity contribution in [2.75, 3.05) is 0 Å². The molecule has 2 fully saturated rings. The molecule has 0 aromatic rings. The van der Waals surface area contributed by atoms with Crippen LogP contribution in [0.5, 0.6) is 0 Å². The molecule has 0 aromatic carbocycles. The maximum atomic E-state index is 10.4. The van der Waals surface area contributed by atoms with Gasteiger partial charge in [-0.25, -0.2) is 0 Å². The number of nitrogens with one attached hydrogen (secondary N) is 2. The molecule has 0 aromatic heterocycles. The van der Waals surface area contributed by atoms with Gasteiger partial charge in [0.1, 0.15) is 0 Å². The molecule has 0 radical (unpaired) electrons. The summed E-state index contributed by atoms with van der Waals surface area (Å²) in [6.45, 7) is 0. The molecule has 0 saturated carbocycles. The number of hydrogen-bond acceptors (Lipinski definition) is 8. The van der Waals surface area contributed by atoms with Crippen LogP contribution in [-0.4, -0.2) is 94.3 Å². The number of carbonyl (C=O) groups excluding carboxylic acids is 4. The first-order valence-electron chi connectivity index (χ1n) is 5.59. The van der Waals surface area contributed by atoms with Gasteiger partial charge in [-0.05, 0) is 0 Å². The van der Waals surface area contributed by atoms with Gasteiger partial charge in [0, 0.05) is 25.7 Å². The number of carboxylic acids is 2. The number of rotatable bonds is 2. The molecule has 10 nitrogen and oxygen atoms in total. The summed E-state index contributed by atoms with van der Waals surface area (Å²) in [7, 11) is 0. The minimum Gasteiger partial charge on any atom is -0.545 e. The molecule has 0 aliphatic carbocycles. The Hall–Kier alpha value is -0.629. The number of amides is 2. The third kappa shape index (κ3) is 5.25. The SMILES string of the molecule is O=C1CCC(O)(C(=O)[O-])N1.O=C1CCC(O)(C(=O)[O-])N1.[Ba+2]. The number of hydrogen-bond donors (Lipinski definition) is 4. The van der Waals surface area contributed by atoms with Crippen LogP contribution in [-0.2, 0) is 19.2 Å². The average molecular weight is 426 g/mol. The second-order valence-electron chi connectivity index (χ2n) is 4.39. The molecular formula is C10H12BaN2O8. The first kappa shape index (κ1) is 20.4. The van der Waals surface area contributed by atoms with Crippen molar-refractivity contribution < 1.29 is 39.6 Å². The summed E-state index contributed by atoms with van der Waals surface area (Å²) in [5.41, 5.74) is -4.26. The van der Waals surface area contributed by atoms with E-state index in [-0.39, 0.29) is 74.6 Å². The van der Waals surface area contributed by atoms with Crippen molar-refractivity contribution in [3.8, 4) is 0 Å². The second-order valence-corrected chi connectivity index (χ2v) is 4.39. The van der Waals surface area contributed by atoms with Crippen molar-refractivity contribution >= 4 is 72.6 Å². The Labute approximate surface area is 159 Å². The third-order valence-corrected chi connectivity index (χ3v) is 2.80. The Kier molecular flexibility index (Phi) is 7.35. The van der Waals surface area contributed by atoms with Crippen molar-refractivity contribution in [1.82, 2.24) is 10.6 Å². The van der Waals surface area contributed by atoms with Crippen LogP contribution in [0.15, 0.2) is 0 Å². The van der Waals surface area contributed by atoms with E-state index in [0.29, 0.717) is 0 Å². The molecule has 2 saturated heterocycles. The number of aliphatic carboxylic acids is 2. The summed E-state index contributed by atoms with van der Waals surface area (Å²) < 4.78 is 0. The van der Waals surface area contributed by atoms with Gasteiger partial charge in [0.2, 0.25) is 11.8 Å². The van der Waals surface area contributed by atoms with E-state index >= 15 is 0 Å². The van der Waals surface area contributed by atoms with Crippen molar-refractivity contribution in [3.63, 3.8) is 0 Å². The topological polar surface area (TPSA) is 179 Å². The summed E-state index contributed by atoms with van der Waals surface area (Å²) in [6, 6.07) is 0. The zero-order valence-electron chi connectivity index (χ0n) is 10.9. The Morgan fingerprint density at radius 3 is 1.29 bits per heavy atom. The van der Waals surface area contributed by atoms with Crippen LogP contribution in [0.4, 0.5) is 0 Å². The predicted octanol–water partition coefficient (Wildman–Crippen LogP) is -5.71. The molecule has 2 rings (SSSR count). The normalized spacial score (nSPS) is 30.4. The van der Waals surface area contributed by atoms with Gasteiger partial charge in [-0.1, -0.05) is 0 Å². The molecule has 2 aliphatic heterocycles. The van der Waals surface area contributed by atoms with E-state index in [9.17, 15) is 29.4 Å². The quantitative estimate of drug-likeness (QED) is 0.316. The summed E-state index contributed by atoms with van der Waals surface area (Å²) in [5.74, 6) is -4.24. The van der Waals surface area contributed by atoms with Crippen molar-refractivity contribution in [3.05, 3.63) is 0 Å². The van der Waals surface area contributed by atoms with Crippen LogP contribution < -0.4 is 20.8 Å². The maximum absolute atomic E-state index is 10.4. The molecule has 2 heterocycles. The number of aliphatic hydroxyl groups is 2. The molecule has 0 spiro atoms. The summed E-state index contributed by atoms with van der Waals surface area (Å²) in [6.07, 6.45) is -0.169. The van der Waals surface area contributed by atoms with Crippen LogP contribution in [0.1, 0.15) is 25.7 Å². The fourth-order valence-corrected chi connectivity index (χ4v) is 1.61. The number of carboxylic acid groups (broad SMARTS) is 2. The van der Waals surface area contributed by atoms with Gasteiger partial charge in [-0.15, -0.1) is 0 Å². The van der Waals surface area contributed by atoms with Crippen molar-refractivity contribution in [2.24, 2.45) is 0 Å². The molecule has 2 unspecified atom stereocenters. The van der Waals surface area contributed by atoms with E-state index in [1.165, 1.54) is 0 Å². The average Bonchev–Trinajstić information content (AvgIpc) is 2.85. The summed E-state index contributed by atoms with van der Waals surface area (Å²) in [5, 5.41) is 41.8. The zero-order valence-corrected chi connectivity index (χ0v) is 15.3. The molecule has 2 amide bonds. The Balaban J connectivity index is 0.000000364. The number of carbonyl (C=O) groups is 4. The van der Waals surface area contributed by atoms with Crippen LogP contribution in [0.25, 0.3) is 0 Å². The van der Waals surface area contributed by atoms with Crippen LogP contribution >= 0.6 is 0 Å². The van der Waals surface area contributed by atoms with E-state index in [4.69, 9.17) is 10.2 Å². The van der Waals surface area contributed by atoms with E-state index in [2.05, 4.69) is 0 Å². The minimum atomic E-state index is -2.13. The molecule has 2 atom stereocenters. The first-order valence-corrected chi connectivity index (χ1v) is 5.59. The molecule has 0 bridgehead atoms. The van der Waals surface area contributed by atoms with E-state index in [1.54, 1.807) is 0 Å². The van der Waals surface area contributed by atoms with Gasteiger partial charge in [0.05, 0.1) is 11.9 Å². The summed E-state index contributed by atoms with van der Waals surface area (Å²) >= 11 is 0. The monoisotopic (exact) mass is 426 g/mol. The standard InChI is InChI=1S/2C5H7NO4.Ba/c2*7-3-1-2-5(10,6-3)4(8)9;/h2*10H,1-2H2,(H,6,7)(H,8,9);/q;;+2/p-2. The van der Waals surface area contributed by atoms with Crippen LogP contribution in [0.3, 0.4) is 0 Å². The predicted molar refractivity (Wildman–Crippen MR) is 60.4 cm³/mol. The van der Waals surface area contributed by atoms with Gasteiger partial charge in [0.15, 0.2) is 11.4 Å². The fourth-order valence-electron chi connectivity index (χ4n) is 1.61. The first-order chi connectivity index (χ1) is 9.09. The van der Waals surface area contributed by atoms with Crippen LogP contribution in [0, 0.1) is 0 Å². The van der Waals surface area contributed by atoms with Crippen LogP contribution in [0.2, 0.25) is 0 Å². The van der Waals surface area contributed by atoms with Gasteiger partial charge in [0.25, 0.3) is 0 Å². The third-order valence-electron chi connectivity index (χ3n) is 2.80. The minimum absolute atomic E-state index is 0. The van der Waals surface area contributed by atoms with Gasteiger partial charge >= 0.3 is 48.9 Å². The molecule has 11 heteroatoms. The molecule has 112 valence electrons. The molecule has 2 aliphatic rings. The second kappa shape index (κ2) is 7.58. The van der Waals surface area contributed by atoms with Gasteiger partial charge < -0.3 is 40.6 Å². The van der Waals surface area contributed by atoms with Gasteiger partial charge in [-0.3, -0.25) is 9.59 Å². The smallest absolute Gasteiger partial charge is 0.545 e. The zero-order chi connectivity index (χ0) is 15.6. The Morgan fingerprint density at radius 1 is 0.905 bits per heavy atom. The maximum Gasteiger partial charge on any atom is 2.00 e. The van der Waals surface area contributed by atoms with Crippen molar-refractivity contribution in [1.29, 1.82) is 0 Å². The fraction of sp³-hybridized carbons (Fsp3) is 0.600. The van der Waals surface area contributed by atoms with E-state index < -0.39 is 35.2 Å². The van der Waals surface area contributed by atoms with Gasteiger partial charge in [-0.2, -0.15) is 0 Å². The van der Waals surface area contributed by atoms with E-state index in [0.717, 1.165) is 0 Å². The molecule has 21 heavy (non-hydrogen) atoms. The molecular weight excluding hydrogens is 413 g/mol. The Bertz CT molecular complexity index is 428. The van der Waals surface area contributed by atoms with E-state index in [1.807, 2.05) is 10.6 Å². The Morgan fingerprint density at radius 2 is 1.19 bits per heavy atom. The largest absolute Gasteiger partial charge is 2.00 e. The summed E-state index contributed by atoms with van der Waals surface area (Å²) in [4.78, 5) is 41.0. The molecule has 4 N–H and O–H groups in total.